The van der Waals surface area contributed by atoms with Gasteiger partial charge in [0, 0.05) is 5.02 Å². The number of carbonyl (C=O) groups excluding carboxylic acids is 1. The quantitative estimate of drug-likeness (QED) is 0.693. The molecule has 2 rings (SSSR count). The molecule has 1 aromatic carbocycles. The summed E-state index contributed by atoms with van der Waals surface area (Å²) < 4.78 is 7.20. The predicted octanol–water partition coefficient (Wildman–Crippen LogP) is 3.48. The number of H-pyrrole nitrogens is 1. The van der Waals surface area contributed by atoms with Gasteiger partial charge in [-0.15, -0.1) is 0 Å². The third-order valence-corrected chi connectivity index (χ3v) is 3.23. The average molecular weight is 285 g/mol. The maximum absolute atomic E-state index is 11.8. The third-order valence-electron chi connectivity index (χ3n) is 2.69. The van der Waals surface area contributed by atoms with E-state index in [2.05, 4.69) is 4.98 Å². The molecule has 0 saturated carbocycles. The van der Waals surface area contributed by atoms with Crippen molar-refractivity contribution in [2.45, 2.75) is 19.9 Å². The van der Waals surface area contributed by atoms with Gasteiger partial charge < -0.3 is 14.3 Å². The van der Waals surface area contributed by atoms with Crippen molar-refractivity contribution >= 4 is 40.8 Å². The first-order chi connectivity index (χ1) is 8.54. The summed E-state index contributed by atoms with van der Waals surface area (Å²) in [5, 5.41) is 0.598. The van der Waals surface area contributed by atoms with E-state index in [1.807, 2.05) is 6.07 Å². The number of rotatable bonds is 3. The number of ether oxygens (including phenoxy) is 1. The summed E-state index contributed by atoms with van der Waals surface area (Å²) in [5.74, 6) is -0.311. The van der Waals surface area contributed by atoms with Gasteiger partial charge in [-0.05, 0) is 44.3 Å². The number of aromatic amines is 1. The van der Waals surface area contributed by atoms with Crippen molar-refractivity contribution < 1.29 is 9.53 Å². The number of benzene rings is 1. The number of fused-ring (bicyclic) bond motifs is 1. The lowest BCUT2D eigenvalue weighted by molar-refractivity contribution is -0.146. The van der Waals surface area contributed by atoms with Gasteiger partial charge in [-0.3, -0.25) is 0 Å². The molecule has 1 aromatic heterocycles. The second-order valence-electron chi connectivity index (χ2n) is 3.89. The number of carbonyl (C=O) groups is 1. The van der Waals surface area contributed by atoms with Crippen LogP contribution in [0.15, 0.2) is 18.2 Å². The van der Waals surface area contributed by atoms with Gasteiger partial charge in [0.25, 0.3) is 0 Å². The van der Waals surface area contributed by atoms with E-state index in [0.717, 1.165) is 11.0 Å². The Balaban J connectivity index is 2.56. The molecule has 4 nitrogen and oxygen atoms in total. The average Bonchev–Trinajstić information content (AvgIpc) is 2.64. The van der Waals surface area contributed by atoms with Crippen LogP contribution < -0.4 is 0 Å². The number of hydrogen-bond acceptors (Lipinski definition) is 3. The van der Waals surface area contributed by atoms with Crippen LogP contribution in [-0.2, 0) is 9.53 Å². The molecule has 0 fully saturated rings. The zero-order chi connectivity index (χ0) is 13.3. The van der Waals surface area contributed by atoms with Gasteiger partial charge in [0.15, 0.2) is 4.77 Å². The second-order valence-corrected chi connectivity index (χ2v) is 4.71. The van der Waals surface area contributed by atoms with Gasteiger partial charge in [-0.25, -0.2) is 4.79 Å². The third kappa shape index (κ3) is 2.28. The first kappa shape index (κ1) is 13.1. The highest BCUT2D eigenvalue weighted by Crippen LogP contribution is 2.23. The number of nitrogens with zero attached hydrogens (tertiary/aromatic N) is 1. The van der Waals surface area contributed by atoms with E-state index in [4.69, 9.17) is 28.6 Å². The fourth-order valence-corrected chi connectivity index (χ4v) is 2.38. The van der Waals surface area contributed by atoms with E-state index in [-0.39, 0.29) is 5.97 Å². The summed E-state index contributed by atoms with van der Waals surface area (Å²) in [5.41, 5.74) is 1.65. The van der Waals surface area contributed by atoms with Crippen LogP contribution in [0.5, 0.6) is 0 Å². The van der Waals surface area contributed by atoms with Gasteiger partial charge in [0.1, 0.15) is 6.04 Å². The van der Waals surface area contributed by atoms with E-state index in [1.54, 1.807) is 30.5 Å². The number of nitrogens with one attached hydrogen (secondary N) is 1. The lowest BCUT2D eigenvalue weighted by Crippen LogP contribution is -2.19. The molecule has 1 heterocycles. The zero-order valence-electron chi connectivity index (χ0n) is 10.1. The topological polar surface area (TPSA) is 47.0 Å². The van der Waals surface area contributed by atoms with Crippen molar-refractivity contribution in [2.75, 3.05) is 6.61 Å². The van der Waals surface area contributed by atoms with Crippen molar-refractivity contribution in [3.63, 3.8) is 0 Å². The van der Waals surface area contributed by atoms with Crippen LogP contribution in [0.25, 0.3) is 11.0 Å². The molecule has 1 unspecified atom stereocenters. The maximum atomic E-state index is 11.8. The zero-order valence-corrected chi connectivity index (χ0v) is 11.6. The van der Waals surface area contributed by atoms with Crippen molar-refractivity contribution in [3.05, 3.63) is 28.0 Å². The fourth-order valence-electron chi connectivity index (χ4n) is 1.85. The Bertz CT molecular complexity index is 647. The van der Waals surface area contributed by atoms with E-state index in [1.165, 1.54) is 0 Å². The Morgan fingerprint density at radius 3 is 3.00 bits per heavy atom. The summed E-state index contributed by atoms with van der Waals surface area (Å²) in [7, 11) is 0. The van der Waals surface area contributed by atoms with Gasteiger partial charge >= 0.3 is 5.97 Å². The van der Waals surface area contributed by atoms with Crippen LogP contribution in [0.3, 0.4) is 0 Å². The molecule has 96 valence electrons. The summed E-state index contributed by atoms with van der Waals surface area (Å²) in [6.07, 6.45) is 0. The number of aromatic nitrogens is 2. The molecule has 1 N–H and O–H groups in total. The van der Waals surface area contributed by atoms with Gasteiger partial charge in [-0.1, -0.05) is 11.6 Å². The van der Waals surface area contributed by atoms with E-state index >= 15 is 0 Å². The van der Waals surface area contributed by atoms with Gasteiger partial charge in [0.05, 0.1) is 17.6 Å². The molecule has 0 bridgehead atoms. The molecule has 0 aliphatic carbocycles. The standard InChI is InChI=1S/C12H13ClN2O2S/c1-3-17-11(16)7(2)15-10-6-8(13)4-5-9(10)14-12(15)18/h4-7H,3H2,1-2H3,(H,14,18). The highest BCUT2D eigenvalue weighted by molar-refractivity contribution is 7.71. The molecule has 0 aliphatic heterocycles. The van der Waals surface area contributed by atoms with Crippen molar-refractivity contribution in [1.29, 1.82) is 0 Å². The minimum absolute atomic E-state index is 0.311. The van der Waals surface area contributed by atoms with Crippen LogP contribution in [0.4, 0.5) is 0 Å². The van der Waals surface area contributed by atoms with E-state index in [9.17, 15) is 4.79 Å². The molecule has 6 heteroatoms. The SMILES string of the molecule is CCOC(=O)C(C)n1c(=S)[nH]c2ccc(Cl)cc21. The number of halogens is 1. The number of imidazole rings is 1. The molecular formula is C12H13ClN2O2S. The number of esters is 1. The largest absolute Gasteiger partial charge is 0.464 e. The van der Waals surface area contributed by atoms with Crippen LogP contribution in [0.2, 0.25) is 5.02 Å². The minimum Gasteiger partial charge on any atom is -0.464 e. The molecular weight excluding hydrogens is 272 g/mol. The molecule has 0 spiro atoms. The smallest absolute Gasteiger partial charge is 0.328 e. The Labute approximate surface area is 115 Å². The predicted molar refractivity (Wildman–Crippen MR) is 73.5 cm³/mol. The van der Waals surface area contributed by atoms with Crippen molar-refractivity contribution in [3.8, 4) is 0 Å². The Morgan fingerprint density at radius 1 is 1.61 bits per heavy atom. The number of hydrogen-bond donors (Lipinski definition) is 1. The maximum Gasteiger partial charge on any atom is 0.328 e. The molecule has 2 aromatic rings. The van der Waals surface area contributed by atoms with Crippen LogP contribution in [0.1, 0.15) is 19.9 Å². The monoisotopic (exact) mass is 284 g/mol. The molecule has 0 aliphatic rings. The van der Waals surface area contributed by atoms with Crippen LogP contribution in [0, 0.1) is 4.77 Å². The van der Waals surface area contributed by atoms with Crippen molar-refractivity contribution in [1.82, 2.24) is 9.55 Å². The summed E-state index contributed by atoms with van der Waals surface area (Å²) in [4.78, 5) is 14.8. The molecule has 0 amide bonds. The first-order valence-corrected chi connectivity index (χ1v) is 6.39. The summed E-state index contributed by atoms with van der Waals surface area (Å²) in [6.45, 7) is 3.87. The van der Waals surface area contributed by atoms with Gasteiger partial charge in [0.2, 0.25) is 0 Å². The molecule has 0 saturated heterocycles. The fraction of sp³-hybridized carbons (Fsp3) is 0.333. The summed E-state index contributed by atoms with van der Waals surface area (Å²) >= 11 is 11.2. The van der Waals surface area contributed by atoms with Crippen LogP contribution >= 0.6 is 23.8 Å². The molecule has 18 heavy (non-hydrogen) atoms. The van der Waals surface area contributed by atoms with E-state index < -0.39 is 6.04 Å². The second kappa shape index (κ2) is 5.12. The highest BCUT2D eigenvalue weighted by Gasteiger charge is 2.19. The Hall–Kier alpha value is -1.33. The minimum atomic E-state index is -0.482. The van der Waals surface area contributed by atoms with Gasteiger partial charge in [-0.2, -0.15) is 0 Å². The Kier molecular flexibility index (Phi) is 3.73. The molecule has 1 atom stereocenters. The molecule has 0 radical (unpaired) electrons. The lowest BCUT2D eigenvalue weighted by atomic mass is 10.3. The highest BCUT2D eigenvalue weighted by atomic mass is 35.5. The van der Waals surface area contributed by atoms with E-state index in [0.29, 0.717) is 16.4 Å². The lowest BCUT2D eigenvalue weighted by Gasteiger charge is -2.13. The first-order valence-electron chi connectivity index (χ1n) is 5.61. The summed E-state index contributed by atoms with van der Waals surface area (Å²) in [6, 6.07) is 4.90. The van der Waals surface area contributed by atoms with Crippen LogP contribution in [-0.4, -0.2) is 22.1 Å². The van der Waals surface area contributed by atoms with Crippen molar-refractivity contribution in [2.24, 2.45) is 0 Å². The normalized spacial score (nSPS) is 12.6. The Morgan fingerprint density at radius 2 is 2.33 bits per heavy atom.